The normalized spacial score (nSPS) is 24.5. The van der Waals surface area contributed by atoms with Crippen LogP contribution in [0.15, 0.2) is 18.2 Å². The fraction of sp³-hybridized carbons (Fsp3) is 0.462. The van der Waals surface area contributed by atoms with Crippen LogP contribution in [0.5, 0.6) is 0 Å². The van der Waals surface area contributed by atoms with E-state index in [4.69, 9.17) is 5.26 Å². The van der Waals surface area contributed by atoms with Crippen LogP contribution in [0.3, 0.4) is 0 Å². The van der Waals surface area contributed by atoms with E-state index in [1.807, 2.05) is 6.07 Å². The standard InChI is InChI=1S/C13H15FN2/c1-9-3-10(2)16(8-9)13-5-11(7-15)4-12(14)6-13/h4-6,9-10H,3,8H2,1-2H3. The van der Waals surface area contributed by atoms with Crippen molar-refractivity contribution < 1.29 is 4.39 Å². The highest BCUT2D eigenvalue weighted by Gasteiger charge is 2.26. The van der Waals surface area contributed by atoms with Crippen LogP contribution in [0.4, 0.5) is 10.1 Å². The lowest BCUT2D eigenvalue weighted by atomic mass is 10.1. The Bertz CT molecular complexity index is 436. The molecule has 0 spiro atoms. The number of hydrogen-bond acceptors (Lipinski definition) is 2. The summed E-state index contributed by atoms with van der Waals surface area (Å²) in [5.41, 5.74) is 1.22. The molecule has 0 radical (unpaired) electrons. The first kappa shape index (κ1) is 10.9. The minimum atomic E-state index is -0.333. The summed E-state index contributed by atoms with van der Waals surface area (Å²) >= 11 is 0. The first-order chi connectivity index (χ1) is 7.60. The van der Waals surface area contributed by atoms with Gasteiger partial charge in [-0.15, -0.1) is 0 Å². The number of hydrogen-bond donors (Lipinski definition) is 0. The van der Waals surface area contributed by atoms with E-state index in [0.717, 1.165) is 18.7 Å². The molecule has 1 saturated heterocycles. The minimum absolute atomic E-state index is 0.333. The Hall–Kier alpha value is -1.56. The van der Waals surface area contributed by atoms with Crippen molar-refractivity contribution in [2.24, 2.45) is 5.92 Å². The number of halogens is 1. The molecule has 0 saturated carbocycles. The van der Waals surface area contributed by atoms with Crippen LogP contribution in [0.1, 0.15) is 25.8 Å². The van der Waals surface area contributed by atoms with Gasteiger partial charge in [0.25, 0.3) is 0 Å². The van der Waals surface area contributed by atoms with Gasteiger partial charge in [0.15, 0.2) is 0 Å². The maximum Gasteiger partial charge on any atom is 0.126 e. The summed E-state index contributed by atoms with van der Waals surface area (Å²) in [6.45, 7) is 5.27. The molecule has 0 amide bonds. The first-order valence-corrected chi connectivity index (χ1v) is 5.57. The molecular formula is C13H15FN2. The Morgan fingerprint density at radius 2 is 2.12 bits per heavy atom. The summed E-state index contributed by atoms with van der Waals surface area (Å²) < 4.78 is 13.3. The molecule has 1 aromatic rings. The van der Waals surface area contributed by atoms with Crippen molar-refractivity contribution in [1.82, 2.24) is 0 Å². The molecule has 2 rings (SSSR count). The van der Waals surface area contributed by atoms with Gasteiger partial charge in [0.1, 0.15) is 5.82 Å². The van der Waals surface area contributed by atoms with Crippen LogP contribution in [-0.2, 0) is 0 Å². The lowest BCUT2D eigenvalue weighted by molar-refractivity contribution is 0.623. The van der Waals surface area contributed by atoms with E-state index in [2.05, 4.69) is 18.7 Å². The number of benzene rings is 1. The predicted molar refractivity (Wildman–Crippen MR) is 61.7 cm³/mol. The molecule has 2 unspecified atom stereocenters. The largest absolute Gasteiger partial charge is 0.368 e. The molecule has 2 nitrogen and oxygen atoms in total. The van der Waals surface area contributed by atoms with E-state index >= 15 is 0 Å². The zero-order valence-electron chi connectivity index (χ0n) is 9.57. The van der Waals surface area contributed by atoms with Crippen molar-refractivity contribution in [3.8, 4) is 6.07 Å². The highest BCUT2D eigenvalue weighted by molar-refractivity contribution is 5.53. The highest BCUT2D eigenvalue weighted by atomic mass is 19.1. The summed E-state index contributed by atoms with van der Waals surface area (Å²) in [5.74, 6) is 0.296. The SMILES string of the molecule is CC1CC(C)N(c2cc(F)cc(C#N)c2)C1. The molecular weight excluding hydrogens is 203 g/mol. The van der Waals surface area contributed by atoms with Crippen LogP contribution in [0.25, 0.3) is 0 Å². The van der Waals surface area contributed by atoms with Crippen LogP contribution in [-0.4, -0.2) is 12.6 Å². The van der Waals surface area contributed by atoms with E-state index in [9.17, 15) is 4.39 Å². The van der Waals surface area contributed by atoms with Crippen molar-refractivity contribution in [2.75, 3.05) is 11.4 Å². The molecule has 0 N–H and O–H groups in total. The smallest absolute Gasteiger partial charge is 0.126 e. The highest BCUT2D eigenvalue weighted by Crippen LogP contribution is 2.29. The molecule has 1 aliphatic heterocycles. The second-order valence-electron chi connectivity index (χ2n) is 4.65. The summed E-state index contributed by atoms with van der Waals surface area (Å²) in [5, 5.41) is 8.81. The third-order valence-corrected chi connectivity index (χ3v) is 3.13. The van der Waals surface area contributed by atoms with Gasteiger partial charge in [-0.3, -0.25) is 0 Å². The van der Waals surface area contributed by atoms with E-state index in [1.165, 1.54) is 12.1 Å². The lowest BCUT2D eigenvalue weighted by Gasteiger charge is -2.24. The first-order valence-electron chi connectivity index (χ1n) is 5.57. The Labute approximate surface area is 95.3 Å². The number of nitriles is 1. The van der Waals surface area contributed by atoms with E-state index in [0.29, 0.717) is 17.5 Å². The quantitative estimate of drug-likeness (QED) is 0.724. The molecule has 1 aromatic carbocycles. The number of rotatable bonds is 1. The van der Waals surface area contributed by atoms with Crippen LogP contribution < -0.4 is 4.90 Å². The Morgan fingerprint density at radius 3 is 2.69 bits per heavy atom. The maximum absolute atomic E-state index is 13.3. The third-order valence-electron chi connectivity index (χ3n) is 3.13. The monoisotopic (exact) mass is 218 g/mol. The molecule has 1 aliphatic rings. The predicted octanol–water partition coefficient (Wildman–Crippen LogP) is 2.93. The molecule has 0 bridgehead atoms. The van der Waals surface area contributed by atoms with E-state index < -0.39 is 0 Å². The number of anilines is 1. The lowest BCUT2D eigenvalue weighted by Crippen LogP contribution is -2.26. The van der Waals surface area contributed by atoms with E-state index in [1.54, 1.807) is 6.07 Å². The Balaban J connectivity index is 2.34. The third kappa shape index (κ3) is 2.01. The van der Waals surface area contributed by atoms with Crippen LogP contribution in [0.2, 0.25) is 0 Å². The summed E-state index contributed by atoms with van der Waals surface area (Å²) in [6.07, 6.45) is 1.12. The van der Waals surface area contributed by atoms with Crippen molar-refractivity contribution in [3.63, 3.8) is 0 Å². The van der Waals surface area contributed by atoms with Gasteiger partial charge in [-0.25, -0.2) is 4.39 Å². The Kier molecular flexibility index (Phi) is 2.82. The van der Waals surface area contributed by atoms with Gasteiger partial charge in [0.2, 0.25) is 0 Å². The molecule has 16 heavy (non-hydrogen) atoms. The number of nitrogens with zero attached hydrogens (tertiary/aromatic N) is 2. The van der Waals surface area contributed by atoms with Gasteiger partial charge in [-0.05, 0) is 37.5 Å². The van der Waals surface area contributed by atoms with Gasteiger partial charge in [0, 0.05) is 18.3 Å². The van der Waals surface area contributed by atoms with Gasteiger partial charge >= 0.3 is 0 Å². The van der Waals surface area contributed by atoms with Crippen LogP contribution in [0, 0.1) is 23.1 Å². The van der Waals surface area contributed by atoms with Crippen molar-refractivity contribution in [2.45, 2.75) is 26.3 Å². The second-order valence-corrected chi connectivity index (χ2v) is 4.65. The molecule has 0 aromatic heterocycles. The van der Waals surface area contributed by atoms with Crippen molar-refractivity contribution >= 4 is 5.69 Å². The molecule has 3 heteroatoms. The molecule has 84 valence electrons. The van der Waals surface area contributed by atoms with Crippen molar-refractivity contribution in [1.29, 1.82) is 5.26 Å². The maximum atomic E-state index is 13.3. The fourth-order valence-corrected chi connectivity index (χ4v) is 2.46. The Morgan fingerprint density at radius 1 is 1.38 bits per heavy atom. The van der Waals surface area contributed by atoms with Crippen molar-refractivity contribution in [3.05, 3.63) is 29.6 Å². The molecule has 2 atom stereocenters. The summed E-state index contributed by atoms with van der Waals surface area (Å²) in [4.78, 5) is 2.18. The molecule has 1 heterocycles. The second kappa shape index (κ2) is 4.13. The summed E-state index contributed by atoms with van der Waals surface area (Å²) in [6, 6.07) is 6.95. The topological polar surface area (TPSA) is 27.0 Å². The van der Waals surface area contributed by atoms with Gasteiger partial charge in [-0.1, -0.05) is 6.92 Å². The molecule has 0 aliphatic carbocycles. The average Bonchev–Trinajstić information content (AvgIpc) is 2.57. The van der Waals surface area contributed by atoms with Gasteiger partial charge in [-0.2, -0.15) is 5.26 Å². The average molecular weight is 218 g/mol. The summed E-state index contributed by atoms with van der Waals surface area (Å²) in [7, 11) is 0. The fourth-order valence-electron chi connectivity index (χ4n) is 2.46. The van der Waals surface area contributed by atoms with Crippen LogP contribution >= 0.6 is 0 Å². The zero-order chi connectivity index (χ0) is 11.7. The molecule has 1 fully saturated rings. The minimum Gasteiger partial charge on any atom is -0.368 e. The van der Waals surface area contributed by atoms with Gasteiger partial charge in [0.05, 0.1) is 11.6 Å². The zero-order valence-corrected chi connectivity index (χ0v) is 9.57. The van der Waals surface area contributed by atoms with E-state index in [-0.39, 0.29) is 5.82 Å². The van der Waals surface area contributed by atoms with Gasteiger partial charge < -0.3 is 4.90 Å².